The summed E-state index contributed by atoms with van der Waals surface area (Å²) in [4.78, 5) is 28.7. The Morgan fingerprint density at radius 3 is 2.41 bits per heavy atom. The molecular formula is C21H28N4O4. The van der Waals surface area contributed by atoms with Crippen LogP contribution in [-0.4, -0.2) is 65.9 Å². The van der Waals surface area contributed by atoms with Crippen LogP contribution in [0.5, 0.6) is 11.5 Å². The average Bonchev–Trinajstić information content (AvgIpc) is 2.75. The van der Waals surface area contributed by atoms with Crippen LogP contribution in [0.4, 0.5) is 0 Å². The van der Waals surface area contributed by atoms with Crippen LogP contribution in [0, 0.1) is 0 Å². The predicted octanol–water partition coefficient (Wildman–Crippen LogP) is 1.63. The van der Waals surface area contributed by atoms with E-state index in [0.29, 0.717) is 36.8 Å². The molecule has 0 saturated carbocycles. The van der Waals surface area contributed by atoms with Crippen LogP contribution in [0.2, 0.25) is 0 Å². The zero-order chi connectivity index (χ0) is 20.8. The zero-order valence-electron chi connectivity index (χ0n) is 17.3. The molecule has 0 unspecified atom stereocenters. The zero-order valence-corrected chi connectivity index (χ0v) is 17.3. The van der Waals surface area contributed by atoms with Crippen LogP contribution in [0.3, 0.4) is 0 Å². The second-order valence-corrected chi connectivity index (χ2v) is 7.04. The number of aromatic nitrogens is 2. The molecule has 1 aliphatic heterocycles. The predicted molar refractivity (Wildman–Crippen MR) is 110 cm³/mol. The van der Waals surface area contributed by atoms with Crippen molar-refractivity contribution in [3.8, 4) is 11.5 Å². The van der Waals surface area contributed by atoms with Gasteiger partial charge in [0.25, 0.3) is 11.5 Å². The van der Waals surface area contributed by atoms with Crippen molar-refractivity contribution in [2.75, 3.05) is 40.4 Å². The van der Waals surface area contributed by atoms with Crippen molar-refractivity contribution in [3.63, 3.8) is 0 Å². The number of methoxy groups -OCH3 is 2. The Labute approximate surface area is 170 Å². The summed E-state index contributed by atoms with van der Waals surface area (Å²) in [6, 6.07) is 8.86. The maximum atomic E-state index is 12.8. The third-order valence-corrected chi connectivity index (χ3v) is 5.03. The number of carbonyl (C=O) groups excluding carboxylic acids is 1. The molecule has 2 heterocycles. The molecule has 29 heavy (non-hydrogen) atoms. The van der Waals surface area contributed by atoms with Crippen molar-refractivity contribution in [2.24, 2.45) is 0 Å². The summed E-state index contributed by atoms with van der Waals surface area (Å²) >= 11 is 0. The molecule has 0 bridgehead atoms. The maximum Gasteiger partial charge on any atom is 0.274 e. The standard InChI is InChI=1S/C21H28N4O4/c1-4-9-25-20(26)8-6-17(22-25)21(27)24-12-10-23(11-13-24)15-16-5-7-18(28-2)19(14-16)29-3/h5-8,14H,4,9-13,15H2,1-3H3. The van der Waals surface area contributed by atoms with Gasteiger partial charge in [-0.1, -0.05) is 13.0 Å². The lowest BCUT2D eigenvalue weighted by Gasteiger charge is -2.34. The highest BCUT2D eigenvalue weighted by molar-refractivity contribution is 5.92. The third-order valence-electron chi connectivity index (χ3n) is 5.03. The molecule has 8 heteroatoms. The van der Waals surface area contributed by atoms with Crippen molar-refractivity contribution in [1.82, 2.24) is 19.6 Å². The molecule has 8 nitrogen and oxygen atoms in total. The molecule has 2 aromatic rings. The van der Waals surface area contributed by atoms with E-state index in [1.165, 1.54) is 16.8 Å². The molecule has 0 atom stereocenters. The number of ether oxygens (including phenoxy) is 2. The molecule has 1 saturated heterocycles. The first-order valence-corrected chi connectivity index (χ1v) is 9.86. The molecule has 1 aromatic carbocycles. The number of carbonyl (C=O) groups is 1. The van der Waals surface area contributed by atoms with E-state index in [1.807, 2.05) is 25.1 Å². The molecule has 0 aliphatic carbocycles. The van der Waals surface area contributed by atoms with E-state index in [0.717, 1.165) is 31.6 Å². The highest BCUT2D eigenvalue weighted by atomic mass is 16.5. The number of amides is 1. The average molecular weight is 400 g/mol. The number of nitrogens with zero attached hydrogens (tertiary/aromatic N) is 4. The number of hydrogen-bond acceptors (Lipinski definition) is 6. The molecule has 0 N–H and O–H groups in total. The fraction of sp³-hybridized carbons (Fsp3) is 0.476. The van der Waals surface area contributed by atoms with E-state index in [4.69, 9.17) is 9.47 Å². The number of piperazine rings is 1. The van der Waals surface area contributed by atoms with Gasteiger partial charge in [0.05, 0.1) is 14.2 Å². The molecule has 0 radical (unpaired) electrons. The van der Waals surface area contributed by atoms with E-state index >= 15 is 0 Å². The van der Waals surface area contributed by atoms with E-state index in [-0.39, 0.29) is 11.5 Å². The van der Waals surface area contributed by atoms with Crippen LogP contribution in [0.25, 0.3) is 0 Å². The monoisotopic (exact) mass is 400 g/mol. The summed E-state index contributed by atoms with van der Waals surface area (Å²) in [6.45, 7) is 6.06. The van der Waals surface area contributed by atoms with Gasteiger partial charge in [0.2, 0.25) is 0 Å². The van der Waals surface area contributed by atoms with E-state index < -0.39 is 0 Å². The SMILES string of the molecule is CCCn1nc(C(=O)N2CCN(Cc3ccc(OC)c(OC)c3)CC2)ccc1=O. The van der Waals surface area contributed by atoms with Gasteiger partial charge in [-0.15, -0.1) is 0 Å². The fourth-order valence-corrected chi connectivity index (χ4v) is 3.44. The Hall–Kier alpha value is -2.87. The Kier molecular flexibility index (Phi) is 6.87. The summed E-state index contributed by atoms with van der Waals surface area (Å²) < 4.78 is 12.0. The lowest BCUT2D eigenvalue weighted by Crippen LogP contribution is -2.48. The fourth-order valence-electron chi connectivity index (χ4n) is 3.44. The Balaban J connectivity index is 1.60. The third kappa shape index (κ3) is 4.95. The summed E-state index contributed by atoms with van der Waals surface area (Å²) in [5.74, 6) is 1.30. The van der Waals surface area contributed by atoms with Gasteiger partial charge in [-0.2, -0.15) is 5.10 Å². The second kappa shape index (κ2) is 9.56. The Morgan fingerprint density at radius 2 is 1.76 bits per heavy atom. The quantitative estimate of drug-likeness (QED) is 0.703. The van der Waals surface area contributed by atoms with Gasteiger partial charge in [-0.05, 0) is 30.2 Å². The van der Waals surface area contributed by atoms with E-state index in [1.54, 1.807) is 19.1 Å². The minimum atomic E-state index is -0.178. The van der Waals surface area contributed by atoms with Crippen molar-refractivity contribution in [1.29, 1.82) is 0 Å². The lowest BCUT2D eigenvalue weighted by atomic mass is 10.1. The largest absolute Gasteiger partial charge is 0.493 e. The van der Waals surface area contributed by atoms with E-state index in [9.17, 15) is 9.59 Å². The molecule has 0 spiro atoms. The topological polar surface area (TPSA) is 76.9 Å². The molecule has 1 aliphatic rings. The van der Waals surface area contributed by atoms with Crippen LogP contribution in [0.1, 0.15) is 29.4 Å². The number of rotatable bonds is 7. The summed E-state index contributed by atoms with van der Waals surface area (Å²) in [5.41, 5.74) is 1.28. The van der Waals surface area contributed by atoms with E-state index in [2.05, 4.69) is 10.00 Å². The lowest BCUT2D eigenvalue weighted by molar-refractivity contribution is 0.0620. The first-order valence-electron chi connectivity index (χ1n) is 9.86. The van der Waals surface area contributed by atoms with Crippen molar-refractivity contribution < 1.29 is 14.3 Å². The van der Waals surface area contributed by atoms with Crippen LogP contribution in [0.15, 0.2) is 35.1 Å². The minimum Gasteiger partial charge on any atom is -0.493 e. The summed E-state index contributed by atoms with van der Waals surface area (Å²) in [7, 11) is 3.25. The molecule has 156 valence electrons. The minimum absolute atomic E-state index is 0.124. The highest BCUT2D eigenvalue weighted by Crippen LogP contribution is 2.28. The van der Waals surface area contributed by atoms with Gasteiger partial charge in [-0.25, -0.2) is 4.68 Å². The summed E-state index contributed by atoms with van der Waals surface area (Å²) in [5, 5.41) is 4.23. The molecule has 1 aromatic heterocycles. The van der Waals surface area contributed by atoms with Gasteiger partial charge in [0.1, 0.15) is 5.69 Å². The van der Waals surface area contributed by atoms with Gasteiger partial charge in [-0.3, -0.25) is 14.5 Å². The first kappa shape index (κ1) is 20.9. The van der Waals surface area contributed by atoms with Gasteiger partial charge < -0.3 is 14.4 Å². The number of aryl methyl sites for hydroxylation is 1. The second-order valence-electron chi connectivity index (χ2n) is 7.04. The number of hydrogen-bond donors (Lipinski definition) is 0. The normalized spacial score (nSPS) is 14.7. The highest BCUT2D eigenvalue weighted by Gasteiger charge is 2.23. The van der Waals surface area contributed by atoms with Crippen molar-refractivity contribution in [3.05, 3.63) is 51.9 Å². The first-order chi connectivity index (χ1) is 14.0. The van der Waals surface area contributed by atoms with Gasteiger partial charge >= 0.3 is 0 Å². The Bertz CT molecular complexity index is 904. The Morgan fingerprint density at radius 1 is 1.03 bits per heavy atom. The van der Waals surface area contributed by atoms with Crippen LogP contribution >= 0.6 is 0 Å². The molecular weight excluding hydrogens is 372 g/mol. The molecule has 1 fully saturated rings. The number of benzene rings is 1. The maximum absolute atomic E-state index is 12.8. The summed E-state index contributed by atoms with van der Waals surface area (Å²) in [6.07, 6.45) is 0.791. The smallest absolute Gasteiger partial charge is 0.274 e. The van der Waals surface area contributed by atoms with Gasteiger partial charge in [0.15, 0.2) is 11.5 Å². The van der Waals surface area contributed by atoms with Crippen LogP contribution in [-0.2, 0) is 13.1 Å². The molecule has 3 rings (SSSR count). The van der Waals surface area contributed by atoms with Crippen molar-refractivity contribution >= 4 is 5.91 Å². The van der Waals surface area contributed by atoms with Crippen molar-refractivity contribution in [2.45, 2.75) is 26.4 Å². The van der Waals surface area contributed by atoms with Gasteiger partial charge in [0, 0.05) is 45.3 Å². The molecule has 1 amide bonds. The van der Waals surface area contributed by atoms with Crippen LogP contribution < -0.4 is 15.0 Å².